The molecule has 8 nitrogen and oxygen atoms in total. The van der Waals surface area contributed by atoms with Crippen molar-refractivity contribution in [1.82, 2.24) is 0 Å². The molecule has 0 radical (unpaired) electrons. The molecule has 0 saturated heterocycles. The van der Waals surface area contributed by atoms with Gasteiger partial charge in [0, 0.05) is 50.7 Å². The molecule has 0 aromatic heterocycles. The molecular formula is C34H38N4O4. The van der Waals surface area contributed by atoms with Gasteiger partial charge in [-0.15, -0.1) is 0 Å². The number of nitrogens with one attached hydrogen (secondary N) is 2. The average Bonchev–Trinajstić information content (AvgIpc) is 3.19. The maximum absolute atomic E-state index is 11.7. The number of ether oxygens (including phenoxy) is 2. The number of likely N-dealkylation sites (N-methyl/N-ethyl adjacent to an activating group) is 2. The third-order valence-electron chi connectivity index (χ3n) is 9.40. The van der Waals surface area contributed by atoms with Crippen molar-refractivity contribution >= 4 is 34.6 Å². The van der Waals surface area contributed by atoms with Crippen molar-refractivity contribution in [3.8, 4) is 0 Å². The van der Waals surface area contributed by atoms with Crippen molar-refractivity contribution in [2.75, 3.05) is 34.5 Å². The summed E-state index contributed by atoms with van der Waals surface area (Å²) in [5, 5.41) is 5.82. The van der Waals surface area contributed by atoms with Gasteiger partial charge in [-0.05, 0) is 99.5 Å². The Morgan fingerprint density at radius 3 is 1.40 bits per heavy atom. The number of fused-ring (bicyclic) bond motifs is 2. The number of nitrogens with zero attached hydrogens (tertiary/aromatic N) is 2. The lowest BCUT2D eigenvalue weighted by Gasteiger charge is -2.48. The van der Waals surface area contributed by atoms with E-state index in [1.165, 1.54) is 13.8 Å². The van der Waals surface area contributed by atoms with E-state index >= 15 is 0 Å². The zero-order valence-corrected chi connectivity index (χ0v) is 25.5. The molecule has 2 aromatic carbocycles. The summed E-state index contributed by atoms with van der Waals surface area (Å²) in [5.74, 6) is 1.05. The molecule has 0 aliphatic carbocycles. The number of carbonyl (C=O) groups excluding carboxylic acids is 2. The van der Waals surface area contributed by atoms with Crippen LogP contribution in [0.5, 0.6) is 0 Å². The summed E-state index contributed by atoms with van der Waals surface area (Å²) in [6.07, 6.45) is 12.1. The second kappa shape index (κ2) is 9.02. The van der Waals surface area contributed by atoms with Crippen LogP contribution < -0.4 is 20.4 Å². The quantitative estimate of drug-likeness (QED) is 0.468. The first-order valence-corrected chi connectivity index (χ1v) is 14.2. The van der Waals surface area contributed by atoms with Crippen molar-refractivity contribution in [3.63, 3.8) is 0 Å². The number of hydrogen-bond acceptors (Lipinski definition) is 6. The molecule has 4 aliphatic rings. The monoisotopic (exact) mass is 566 g/mol. The predicted octanol–water partition coefficient (Wildman–Crippen LogP) is 6.09. The molecule has 2 spiro atoms. The number of carbonyl (C=O) groups is 2. The van der Waals surface area contributed by atoms with E-state index in [9.17, 15) is 9.59 Å². The van der Waals surface area contributed by atoms with Gasteiger partial charge in [0.1, 0.15) is 0 Å². The van der Waals surface area contributed by atoms with Gasteiger partial charge in [0.15, 0.2) is 11.5 Å². The van der Waals surface area contributed by atoms with E-state index in [-0.39, 0.29) is 11.8 Å². The number of allylic oxidation sites excluding steroid dienone is 4. The lowest BCUT2D eigenvalue weighted by molar-refractivity contribution is -0.115. The largest absolute Gasteiger partial charge is 0.460 e. The fraction of sp³-hybridized carbons (Fsp3) is 0.353. The molecule has 0 fully saturated rings. The molecule has 4 aliphatic heterocycles. The fourth-order valence-corrected chi connectivity index (χ4v) is 7.10. The van der Waals surface area contributed by atoms with Gasteiger partial charge >= 0.3 is 0 Å². The van der Waals surface area contributed by atoms with Crippen LogP contribution >= 0.6 is 0 Å². The van der Waals surface area contributed by atoms with Crippen LogP contribution in [-0.2, 0) is 29.9 Å². The second-order valence-corrected chi connectivity index (χ2v) is 12.6. The smallest absolute Gasteiger partial charge is 0.221 e. The van der Waals surface area contributed by atoms with Crippen LogP contribution in [0.4, 0.5) is 22.7 Å². The van der Waals surface area contributed by atoms with E-state index in [2.05, 4.69) is 60.3 Å². The molecule has 2 atom stereocenters. The summed E-state index contributed by atoms with van der Waals surface area (Å²) in [6.45, 7) is 11.7. The van der Waals surface area contributed by atoms with E-state index in [0.29, 0.717) is 11.5 Å². The molecule has 8 heteroatoms. The summed E-state index contributed by atoms with van der Waals surface area (Å²) >= 11 is 0. The van der Waals surface area contributed by atoms with Crippen LogP contribution in [0.15, 0.2) is 84.4 Å². The number of amides is 2. The van der Waals surface area contributed by atoms with Crippen molar-refractivity contribution in [3.05, 3.63) is 95.5 Å². The number of anilines is 4. The summed E-state index contributed by atoms with van der Waals surface area (Å²) < 4.78 is 13.9. The van der Waals surface area contributed by atoms with Crippen molar-refractivity contribution in [1.29, 1.82) is 0 Å². The molecule has 2 amide bonds. The van der Waals surface area contributed by atoms with E-state index in [0.717, 1.165) is 33.9 Å². The third-order valence-corrected chi connectivity index (χ3v) is 9.40. The minimum absolute atomic E-state index is 0.107. The minimum Gasteiger partial charge on any atom is -0.460 e. The van der Waals surface area contributed by atoms with E-state index < -0.39 is 22.3 Å². The normalized spacial score (nSPS) is 25.8. The van der Waals surface area contributed by atoms with Gasteiger partial charge in [-0.25, -0.2) is 0 Å². The molecule has 6 rings (SSSR count). The second-order valence-electron chi connectivity index (χ2n) is 12.6. The third kappa shape index (κ3) is 3.67. The van der Waals surface area contributed by atoms with Crippen LogP contribution in [0, 0.1) is 0 Å². The molecule has 42 heavy (non-hydrogen) atoms. The van der Waals surface area contributed by atoms with Gasteiger partial charge in [-0.2, -0.15) is 0 Å². The Kier molecular flexibility index (Phi) is 5.95. The van der Waals surface area contributed by atoms with Gasteiger partial charge in [0.2, 0.25) is 23.3 Å². The molecule has 0 bridgehead atoms. The van der Waals surface area contributed by atoms with Crippen LogP contribution in [0.3, 0.4) is 0 Å². The topological polar surface area (TPSA) is 83.1 Å². The first-order chi connectivity index (χ1) is 19.7. The zero-order valence-electron chi connectivity index (χ0n) is 25.5. The van der Waals surface area contributed by atoms with Crippen molar-refractivity contribution in [2.45, 2.75) is 63.8 Å². The standard InChI is InChI=1S/C34H38N4O4/c1-21(39)35-23-13-15-27-25(19-23)31(3,4)33(37(27)7)17-9-11-29(41-33)30-12-10-18-34(42-30)32(5,6)26-20-24(36-22(2)40)14-16-28(26)38(34)8/h9-20H,1-8H3,(H,35,39)(H,36,40). The first-order valence-electron chi connectivity index (χ1n) is 14.2. The average molecular weight is 567 g/mol. The minimum atomic E-state index is -0.819. The Labute approximate surface area is 247 Å². The summed E-state index contributed by atoms with van der Waals surface area (Å²) in [4.78, 5) is 27.8. The van der Waals surface area contributed by atoms with Crippen molar-refractivity contribution in [2.24, 2.45) is 0 Å². The lowest BCUT2D eigenvalue weighted by atomic mass is 9.76. The van der Waals surface area contributed by atoms with Gasteiger partial charge in [0.05, 0.1) is 10.8 Å². The number of rotatable bonds is 3. The van der Waals surface area contributed by atoms with Gasteiger partial charge in [-0.1, -0.05) is 12.2 Å². The summed E-state index contributed by atoms with van der Waals surface area (Å²) in [6, 6.07) is 12.0. The molecule has 2 unspecified atom stereocenters. The van der Waals surface area contributed by atoms with Crippen LogP contribution in [0.1, 0.15) is 52.7 Å². The van der Waals surface area contributed by atoms with E-state index in [4.69, 9.17) is 9.47 Å². The Hall–Kier alpha value is -4.46. The zero-order chi connectivity index (χ0) is 30.2. The maximum Gasteiger partial charge on any atom is 0.221 e. The number of benzene rings is 2. The SMILES string of the molecule is CC(=O)Nc1ccc2c(c1)C(C)(C)C1(C=CC=C(C3=CC=CC4(O3)N(C)c3ccc(NC(C)=O)cc3C4(C)C)O1)N2C. The van der Waals surface area contributed by atoms with Gasteiger partial charge in [0.25, 0.3) is 0 Å². The molecule has 218 valence electrons. The lowest BCUT2D eigenvalue weighted by Crippen LogP contribution is -2.57. The molecular weight excluding hydrogens is 528 g/mol. The molecule has 0 saturated carbocycles. The fourth-order valence-electron chi connectivity index (χ4n) is 7.10. The summed E-state index contributed by atoms with van der Waals surface area (Å²) in [7, 11) is 4.07. The van der Waals surface area contributed by atoms with Crippen LogP contribution in [0.2, 0.25) is 0 Å². The predicted molar refractivity (Wildman–Crippen MR) is 166 cm³/mol. The van der Waals surface area contributed by atoms with Gasteiger partial charge in [-0.3, -0.25) is 9.59 Å². The van der Waals surface area contributed by atoms with Gasteiger partial charge < -0.3 is 29.9 Å². The van der Waals surface area contributed by atoms with E-state index in [1.54, 1.807) is 0 Å². The molecule has 2 N–H and O–H groups in total. The first kappa shape index (κ1) is 27.7. The highest BCUT2D eigenvalue weighted by Gasteiger charge is 2.60. The van der Waals surface area contributed by atoms with Crippen LogP contribution in [0.25, 0.3) is 0 Å². The summed E-state index contributed by atoms with van der Waals surface area (Å²) in [5.41, 5.74) is 3.18. The van der Waals surface area contributed by atoms with Crippen molar-refractivity contribution < 1.29 is 19.1 Å². The van der Waals surface area contributed by atoms with E-state index in [1.807, 2.05) is 74.8 Å². The highest BCUT2D eigenvalue weighted by atomic mass is 16.6. The molecule has 4 heterocycles. The molecule has 2 aromatic rings. The Balaban J connectivity index is 1.33. The highest BCUT2D eigenvalue weighted by molar-refractivity contribution is 5.90. The number of hydrogen-bond donors (Lipinski definition) is 2. The Morgan fingerprint density at radius 1 is 0.667 bits per heavy atom. The Bertz CT molecular complexity index is 1530. The maximum atomic E-state index is 11.7. The van der Waals surface area contributed by atoms with Crippen LogP contribution in [-0.4, -0.2) is 37.4 Å². The Morgan fingerprint density at radius 2 is 1.05 bits per heavy atom. The highest BCUT2D eigenvalue weighted by Crippen LogP contribution is 2.57.